The van der Waals surface area contributed by atoms with E-state index < -0.39 is 67.4 Å². The van der Waals surface area contributed by atoms with Crippen molar-refractivity contribution in [1.29, 1.82) is 0 Å². The van der Waals surface area contributed by atoms with Gasteiger partial charge in [-0.3, -0.25) is 9.59 Å². The summed E-state index contributed by atoms with van der Waals surface area (Å²) in [5.74, 6) is -1.22. The zero-order valence-corrected chi connectivity index (χ0v) is 56.8. The van der Waals surface area contributed by atoms with Crippen LogP contribution in [0.5, 0.6) is 0 Å². The summed E-state index contributed by atoms with van der Waals surface area (Å²) in [4.78, 5) is 26.7. The number of esters is 1. The Kier molecular flexibility index (Phi) is 59.9. The lowest BCUT2D eigenvalue weighted by atomic mass is 9.99. The highest BCUT2D eigenvalue weighted by Crippen LogP contribution is 2.26. The highest BCUT2D eigenvalue weighted by atomic mass is 16.7. The van der Waals surface area contributed by atoms with Gasteiger partial charge in [0.05, 0.1) is 25.4 Å². The molecule has 0 radical (unpaired) electrons. The Bertz CT molecular complexity index is 1920. The number of rotatable bonds is 61. The summed E-state index contributed by atoms with van der Waals surface area (Å²) in [5.41, 5.74) is 0. The van der Waals surface area contributed by atoms with E-state index in [9.17, 15) is 35.1 Å². The Labute approximate surface area is 544 Å². The van der Waals surface area contributed by atoms with E-state index in [0.717, 1.165) is 122 Å². The van der Waals surface area contributed by atoms with Crippen LogP contribution in [0.4, 0.5) is 0 Å². The molecule has 6 N–H and O–H groups in total. The van der Waals surface area contributed by atoms with Gasteiger partial charge in [0.1, 0.15) is 24.4 Å². The number of nitrogens with one attached hydrogen (secondary N) is 1. The van der Waals surface area contributed by atoms with E-state index in [1.807, 2.05) is 6.08 Å². The molecule has 0 aromatic rings. The topological polar surface area (TPSA) is 175 Å². The van der Waals surface area contributed by atoms with Crippen molar-refractivity contribution in [3.05, 3.63) is 122 Å². The van der Waals surface area contributed by atoms with E-state index in [0.29, 0.717) is 12.8 Å². The van der Waals surface area contributed by atoms with Crippen molar-refractivity contribution in [1.82, 2.24) is 5.32 Å². The molecule has 0 bridgehead atoms. The number of aliphatic hydroxyl groups is 5. The molecule has 8 atom stereocenters. The first-order valence-electron chi connectivity index (χ1n) is 36.3. The fourth-order valence-corrected chi connectivity index (χ4v) is 10.7. The van der Waals surface area contributed by atoms with Gasteiger partial charge in [0.25, 0.3) is 0 Å². The minimum atomic E-state index is -1.63. The largest absolute Gasteiger partial charge is 0.454 e. The average molecular weight is 1240 g/mol. The van der Waals surface area contributed by atoms with Crippen molar-refractivity contribution in [2.45, 2.75) is 346 Å². The van der Waals surface area contributed by atoms with Crippen LogP contribution in [0.1, 0.15) is 297 Å². The van der Waals surface area contributed by atoms with E-state index in [1.54, 1.807) is 6.08 Å². The van der Waals surface area contributed by atoms with Crippen LogP contribution in [0.25, 0.3) is 0 Å². The first-order chi connectivity index (χ1) is 43.7. The molecule has 0 aliphatic carbocycles. The van der Waals surface area contributed by atoms with Gasteiger partial charge in [0, 0.05) is 6.42 Å². The van der Waals surface area contributed by atoms with Crippen LogP contribution in [-0.2, 0) is 23.8 Å². The van der Waals surface area contributed by atoms with Crippen molar-refractivity contribution < 1.29 is 49.3 Å². The Morgan fingerprint density at radius 1 is 0.449 bits per heavy atom. The molecule has 510 valence electrons. The van der Waals surface area contributed by atoms with E-state index in [-0.39, 0.29) is 19.4 Å². The number of carbonyl (C=O) groups excluding carboxylic acids is 2. The summed E-state index contributed by atoms with van der Waals surface area (Å²) in [7, 11) is 0. The smallest absolute Gasteiger partial charge is 0.306 e. The number of amides is 1. The summed E-state index contributed by atoms with van der Waals surface area (Å²) in [5, 5.41) is 57.2. The van der Waals surface area contributed by atoms with Crippen LogP contribution in [0, 0.1) is 0 Å². The lowest BCUT2D eigenvalue weighted by Gasteiger charge is -2.41. The fourth-order valence-electron chi connectivity index (χ4n) is 10.7. The monoisotopic (exact) mass is 1240 g/mol. The van der Waals surface area contributed by atoms with Crippen molar-refractivity contribution in [3.63, 3.8) is 0 Å². The molecule has 11 nitrogen and oxygen atoms in total. The van der Waals surface area contributed by atoms with Crippen LogP contribution in [0.3, 0.4) is 0 Å². The van der Waals surface area contributed by atoms with Gasteiger partial charge >= 0.3 is 5.97 Å². The molecule has 89 heavy (non-hydrogen) atoms. The first kappa shape index (κ1) is 83.1. The molecule has 1 aliphatic heterocycles. The molecular formula is C78H133NO10. The van der Waals surface area contributed by atoms with Gasteiger partial charge in [-0.15, -0.1) is 0 Å². The van der Waals surface area contributed by atoms with Crippen molar-refractivity contribution in [3.8, 4) is 0 Å². The van der Waals surface area contributed by atoms with E-state index in [2.05, 4.69) is 135 Å². The summed E-state index contributed by atoms with van der Waals surface area (Å²) >= 11 is 0. The Morgan fingerprint density at radius 3 is 1.24 bits per heavy atom. The third kappa shape index (κ3) is 51.3. The standard InChI is InChI=1S/C78H133NO10/c1-4-7-10-13-16-19-22-24-26-28-30-32-34-35-36-38-39-41-43-45-47-50-53-56-59-62-65-71(82)77(86)79-69(70(81)64-61-58-55-52-49-21-18-15-12-9-6-3)68-87-78-76(75(85)74(84)72(67-80)88-78)89-73(83)66-63-60-57-54-51-48-46-44-42-40-37-33-31-29-27-25-23-20-17-14-11-8-5-2/h8,11,16-17,19-20,24-27,30-33,40,42,46,48,61,64,69-72,74-76,78,80-82,84-85H,4-7,9-10,12-15,18,21-23,28-29,34-39,41,43-45,47,49-60,62-63,65-68H2,1-3H3,(H,79,86)/b11-8-,19-16-,20-17-,26-24-,27-25-,32-30-,33-31-,42-40-,48-46-,64-61+. The highest BCUT2D eigenvalue weighted by molar-refractivity contribution is 5.80. The molecule has 1 heterocycles. The summed E-state index contributed by atoms with van der Waals surface area (Å²) in [6, 6.07) is -1.04. The summed E-state index contributed by atoms with van der Waals surface area (Å²) < 4.78 is 17.7. The molecule has 0 spiro atoms. The van der Waals surface area contributed by atoms with Crippen molar-refractivity contribution in [2.24, 2.45) is 0 Å². The predicted molar refractivity (Wildman–Crippen MR) is 374 cm³/mol. The summed E-state index contributed by atoms with van der Waals surface area (Å²) in [6.45, 7) is 5.65. The van der Waals surface area contributed by atoms with Gasteiger partial charge in [-0.25, -0.2) is 0 Å². The molecule has 0 aromatic carbocycles. The van der Waals surface area contributed by atoms with Crippen molar-refractivity contribution >= 4 is 11.9 Å². The van der Waals surface area contributed by atoms with Gasteiger partial charge in [0.15, 0.2) is 12.4 Å². The van der Waals surface area contributed by atoms with Crippen molar-refractivity contribution in [2.75, 3.05) is 13.2 Å². The summed E-state index contributed by atoms with van der Waals surface area (Å²) in [6.07, 6.45) is 79.5. The average Bonchev–Trinajstić information content (AvgIpc) is 1.97. The molecule has 11 heteroatoms. The van der Waals surface area contributed by atoms with Crippen LogP contribution < -0.4 is 5.32 Å². The first-order valence-corrected chi connectivity index (χ1v) is 36.3. The van der Waals surface area contributed by atoms with Gasteiger partial charge in [-0.05, 0) is 116 Å². The second-order valence-electron chi connectivity index (χ2n) is 24.6. The maximum Gasteiger partial charge on any atom is 0.306 e. The van der Waals surface area contributed by atoms with Crippen LogP contribution in [0.2, 0.25) is 0 Å². The maximum atomic E-state index is 13.5. The van der Waals surface area contributed by atoms with E-state index >= 15 is 0 Å². The molecule has 0 aromatic heterocycles. The molecule has 1 fully saturated rings. The van der Waals surface area contributed by atoms with E-state index in [4.69, 9.17) is 14.2 Å². The zero-order chi connectivity index (χ0) is 64.6. The second kappa shape index (κ2) is 64.2. The van der Waals surface area contributed by atoms with Crippen LogP contribution in [0.15, 0.2) is 122 Å². The van der Waals surface area contributed by atoms with Gasteiger partial charge in [-0.2, -0.15) is 0 Å². The molecule has 1 rings (SSSR count). The number of unbranched alkanes of at least 4 members (excludes halogenated alkanes) is 29. The molecular weight excluding hydrogens is 1110 g/mol. The third-order valence-corrected chi connectivity index (χ3v) is 16.3. The SMILES string of the molecule is CC/C=C\C/C=C\C/C=C\C/C=C\C/C=C\C/C=C\CCCCCCC(=O)OC1C(OCC(NC(=O)C(O)CCCCCCCCCCCCCCC/C=C\C/C=C\C/C=C\CCCCC)C(O)/C=C/CCCCCCCCCCC)OC(CO)C(O)C1O. The minimum absolute atomic E-state index is 0.0881. The number of ether oxygens (including phenoxy) is 3. The lowest BCUT2D eigenvalue weighted by molar-refractivity contribution is -0.305. The number of hydrogen-bond acceptors (Lipinski definition) is 10. The number of aliphatic hydroxyl groups excluding tert-OH is 5. The zero-order valence-electron chi connectivity index (χ0n) is 56.8. The normalized spacial score (nSPS) is 18.9. The van der Waals surface area contributed by atoms with Gasteiger partial charge in [0.2, 0.25) is 5.91 Å². The predicted octanol–water partition coefficient (Wildman–Crippen LogP) is 19.0. The number of hydrogen-bond donors (Lipinski definition) is 6. The fraction of sp³-hybridized carbons (Fsp3) is 0.718. The molecule has 0 saturated carbocycles. The number of allylic oxidation sites excluding steroid dienone is 19. The number of carbonyl (C=O) groups is 2. The van der Waals surface area contributed by atoms with Crippen LogP contribution in [-0.4, -0.2) is 99.6 Å². The maximum absolute atomic E-state index is 13.5. The molecule has 1 aliphatic rings. The Balaban J connectivity index is 2.56. The molecule has 1 amide bonds. The lowest BCUT2D eigenvalue weighted by Crippen LogP contribution is -2.61. The quantitative estimate of drug-likeness (QED) is 0.0195. The van der Waals surface area contributed by atoms with Gasteiger partial charge in [-0.1, -0.05) is 296 Å². The molecule has 8 unspecified atom stereocenters. The minimum Gasteiger partial charge on any atom is -0.454 e. The Morgan fingerprint density at radius 2 is 0.809 bits per heavy atom. The van der Waals surface area contributed by atoms with E-state index in [1.165, 1.54) is 128 Å². The second-order valence-corrected chi connectivity index (χ2v) is 24.6. The Hall–Kier alpha value is -3.94. The third-order valence-electron chi connectivity index (χ3n) is 16.3. The highest BCUT2D eigenvalue weighted by Gasteiger charge is 2.47. The van der Waals surface area contributed by atoms with Crippen LogP contribution >= 0.6 is 0 Å². The molecule has 1 saturated heterocycles. The van der Waals surface area contributed by atoms with Gasteiger partial charge < -0.3 is 45.1 Å².